The van der Waals surface area contributed by atoms with Crippen molar-refractivity contribution in [3.63, 3.8) is 0 Å². The molecular formula is C16H24N2O7. The standard InChI is InChI=1S/C16H24N2O7/c1-9-12(13(21)25-18-10(19)7-8-11(18)20)17(16(5,6)23-9)14(22)24-15(2,3)4/h7-9,12,19-20H,1-6H3. The van der Waals surface area contributed by atoms with Crippen LogP contribution >= 0.6 is 0 Å². The molecule has 0 aromatic carbocycles. The number of aromatic hydroxyl groups is 2. The maximum Gasteiger partial charge on any atom is 0.413 e. The van der Waals surface area contributed by atoms with Crippen LogP contribution in [0.25, 0.3) is 0 Å². The molecule has 1 aromatic heterocycles. The molecular weight excluding hydrogens is 332 g/mol. The zero-order valence-corrected chi connectivity index (χ0v) is 15.1. The van der Waals surface area contributed by atoms with Crippen LogP contribution < -0.4 is 4.84 Å². The molecule has 2 rings (SSSR count). The van der Waals surface area contributed by atoms with Crippen molar-refractivity contribution >= 4 is 12.1 Å². The monoisotopic (exact) mass is 356 g/mol. The number of rotatable bonds is 2. The average molecular weight is 356 g/mol. The van der Waals surface area contributed by atoms with E-state index in [1.54, 1.807) is 41.5 Å². The average Bonchev–Trinajstić information content (AvgIpc) is 2.85. The Morgan fingerprint density at radius 1 is 1.20 bits per heavy atom. The molecule has 140 valence electrons. The Morgan fingerprint density at radius 2 is 1.72 bits per heavy atom. The zero-order chi connectivity index (χ0) is 19.2. The van der Waals surface area contributed by atoms with Gasteiger partial charge in [0.05, 0.1) is 6.10 Å². The first kappa shape index (κ1) is 18.9. The number of amides is 1. The van der Waals surface area contributed by atoms with E-state index in [1.807, 2.05) is 0 Å². The Labute approximate surface area is 145 Å². The minimum atomic E-state index is -1.12. The van der Waals surface area contributed by atoms with Crippen LogP contribution in [-0.2, 0) is 14.3 Å². The number of hydrogen-bond acceptors (Lipinski definition) is 7. The predicted octanol–water partition coefficient (Wildman–Crippen LogP) is 1.61. The van der Waals surface area contributed by atoms with Crippen molar-refractivity contribution in [3.8, 4) is 11.8 Å². The molecule has 0 radical (unpaired) electrons. The molecule has 2 unspecified atom stereocenters. The van der Waals surface area contributed by atoms with Gasteiger partial charge in [0.1, 0.15) is 11.3 Å². The van der Waals surface area contributed by atoms with E-state index in [-0.39, 0.29) is 0 Å². The van der Waals surface area contributed by atoms with E-state index in [9.17, 15) is 19.8 Å². The van der Waals surface area contributed by atoms with Gasteiger partial charge in [-0.2, -0.15) is 0 Å². The van der Waals surface area contributed by atoms with Crippen LogP contribution in [0.4, 0.5) is 4.79 Å². The van der Waals surface area contributed by atoms with Crippen LogP contribution in [0, 0.1) is 0 Å². The third kappa shape index (κ3) is 3.81. The van der Waals surface area contributed by atoms with E-state index in [1.165, 1.54) is 0 Å². The normalized spacial score (nSPS) is 22.7. The van der Waals surface area contributed by atoms with Gasteiger partial charge in [-0.05, 0) is 41.5 Å². The second-order valence-electron chi connectivity index (χ2n) is 7.32. The molecule has 0 saturated carbocycles. The van der Waals surface area contributed by atoms with Crippen molar-refractivity contribution in [3.05, 3.63) is 12.1 Å². The number of carbonyl (C=O) groups excluding carboxylic acids is 2. The number of aromatic nitrogens is 1. The topological polar surface area (TPSA) is 110 Å². The molecule has 9 nitrogen and oxygen atoms in total. The minimum Gasteiger partial charge on any atom is -0.492 e. The zero-order valence-electron chi connectivity index (χ0n) is 15.1. The van der Waals surface area contributed by atoms with Gasteiger partial charge in [0.2, 0.25) is 11.8 Å². The van der Waals surface area contributed by atoms with Gasteiger partial charge >= 0.3 is 12.1 Å². The van der Waals surface area contributed by atoms with Crippen LogP contribution in [0.15, 0.2) is 12.1 Å². The summed E-state index contributed by atoms with van der Waals surface area (Å²) in [4.78, 5) is 31.4. The highest BCUT2D eigenvalue weighted by molar-refractivity contribution is 5.83. The maximum atomic E-state index is 12.6. The van der Waals surface area contributed by atoms with Crippen molar-refractivity contribution in [2.24, 2.45) is 0 Å². The summed E-state index contributed by atoms with van der Waals surface area (Å²) in [5.74, 6) is -1.80. The lowest BCUT2D eigenvalue weighted by molar-refractivity contribution is -0.152. The molecule has 2 N–H and O–H groups in total. The van der Waals surface area contributed by atoms with E-state index in [2.05, 4.69) is 0 Å². The lowest BCUT2D eigenvalue weighted by atomic mass is 10.1. The summed E-state index contributed by atoms with van der Waals surface area (Å²) < 4.78 is 11.6. The van der Waals surface area contributed by atoms with E-state index in [0.29, 0.717) is 4.73 Å². The van der Waals surface area contributed by atoms with Gasteiger partial charge in [-0.1, -0.05) is 0 Å². The van der Waals surface area contributed by atoms with Crippen LogP contribution in [-0.4, -0.2) is 55.4 Å². The van der Waals surface area contributed by atoms with Gasteiger partial charge in [0.25, 0.3) is 0 Å². The smallest absolute Gasteiger partial charge is 0.413 e. The second-order valence-corrected chi connectivity index (χ2v) is 7.32. The highest BCUT2D eigenvalue weighted by Gasteiger charge is 2.54. The highest BCUT2D eigenvalue weighted by Crippen LogP contribution is 2.34. The first-order valence-corrected chi connectivity index (χ1v) is 7.85. The van der Waals surface area contributed by atoms with E-state index in [4.69, 9.17) is 14.3 Å². The lowest BCUT2D eigenvalue weighted by Gasteiger charge is -2.34. The van der Waals surface area contributed by atoms with Crippen molar-refractivity contribution in [2.75, 3.05) is 0 Å². The summed E-state index contributed by atoms with van der Waals surface area (Å²) in [5.41, 5.74) is -1.86. The van der Waals surface area contributed by atoms with Gasteiger partial charge in [-0.15, -0.1) is 4.73 Å². The summed E-state index contributed by atoms with van der Waals surface area (Å²) >= 11 is 0. The molecule has 2 atom stereocenters. The molecule has 0 spiro atoms. The molecule has 2 heterocycles. The number of hydrogen-bond donors (Lipinski definition) is 2. The van der Waals surface area contributed by atoms with Crippen molar-refractivity contribution in [1.82, 2.24) is 9.63 Å². The lowest BCUT2D eigenvalue weighted by Crippen LogP contribution is -2.54. The van der Waals surface area contributed by atoms with Gasteiger partial charge in [0, 0.05) is 12.1 Å². The Hall–Kier alpha value is -2.42. The third-order valence-electron chi connectivity index (χ3n) is 3.59. The Balaban J connectivity index is 2.29. The van der Waals surface area contributed by atoms with E-state index >= 15 is 0 Å². The number of carbonyl (C=O) groups is 2. The summed E-state index contributed by atoms with van der Waals surface area (Å²) in [6.45, 7) is 10.0. The largest absolute Gasteiger partial charge is 0.492 e. The van der Waals surface area contributed by atoms with Gasteiger partial charge < -0.3 is 24.5 Å². The predicted molar refractivity (Wildman–Crippen MR) is 85.8 cm³/mol. The fraction of sp³-hybridized carbons (Fsp3) is 0.625. The van der Waals surface area contributed by atoms with Crippen LogP contribution in [0.5, 0.6) is 11.8 Å². The first-order chi connectivity index (χ1) is 11.3. The molecule has 1 saturated heterocycles. The molecule has 1 aliphatic heterocycles. The SMILES string of the molecule is CC1OC(C)(C)N(C(=O)OC(C)(C)C)C1C(=O)On1c(O)ccc1O. The number of ether oxygens (including phenoxy) is 2. The van der Waals surface area contributed by atoms with Crippen molar-refractivity contribution in [2.45, 2.75) is 65.0 Å². The summed E-state index contributed by atoms with van der Waals surface area (Å²) in [7, 11) is 0. The summed E-state index contributed by atoms with van der Waals surface area (Å²) in [5, 5.41) is 19.2. The summed E-state index contributed by atoms with van der Waals surface area (Å²) in [6.07, 6.45) is -1.42. The highest BCUT2D eigenvalue weighted by atomic mass is 16.7. The first-order valence-electron chi connectivity index (χ1n) is 7.85. The van der Waals surface area contributed by atoms with Gasteiger partial charge in [-0.3, -0.25) is 4.90 Å². The van der Waals surface area contributed by atoms with Crippen LogP contribution in [0.2, 0.25) is 0 Å². The molecule has 1 fully saturated rings. The molecule has 1 amide bonds. The molecule has 1 aliphatic rings. The summed E-state index contributed by atoms with van der Waals surface area (Å²) in [6, 6.07) is 1.20. The molecule has 9 heteroatoms. The quantitative estimate of drug-likeness (QED) is 0.828. The van der Waals surface area contributed by atoms with Crippen LogP contribution in [0.3, 0.4) is 0 Å². The van der Waals surface area contributed by atoms with E-state index in [0.717, 1.165) is 17.0 Å². The van der Waals surface area contributed by atoms with Crippen molar-refractivity contribution < 1.29 is 34.1 Å². The molecule has 25 heavy (non-hydrogen) atoms. The third-order valence-corrected chi connectivity index (χ3v) is 3.59. The Kier molecular flexibility index (Phi) is 4.65. The molecule has 0 aliphatic carbocycles. The van der Waals surface area contributed by atoms with Gasteiger partial charge in [0.15, 0.2) is 6.04 Å². The second kappa shape index (κ2) is 6.14. The van der Waals surface area contributed by atoms with E-state index < -0.39 is 47.3 Å². The maximum absolute atomic E-state index is 12.6. The fourth-order valence-electron chi connectivity index (χ4n) is 2.70. The number of nitrogens with zero attached hydrogens (tertiary/aromatic N) is 2. The minimum absolute atomic E-state index is 0.458. The fourth-order valence-corrected chi connectivity index (χ4v) is 2.70. The molecule has 0 bridgehead atoms. The van der Waals surface area contributed by atoms with Crippen molar-refractivity contribution in [1.29, 1.82) is 0 Å². The van der Waals surface area contributed by atoms with Gasteiger partial charge in [-0.25, -0.2) is 9.59 Å². The Bertz CT molecular complexity index is 655. The van der Waals surface area contributed by atoms with Crippen LogP contribution in [0.1, 0.15) is 41.5 Å². The Morgan fingerprint density at radius 3 is 2.20 bits per heavy atom. The molecule has 1 aromatic rings.